The van der Waals surface area contributed by atoms with Gasteiger partial charge in [-0.05, 0) is 18.8 Å². The summed E-state index contributed by atoms with van der Waals surface area (Å²) in [5, 5.41) is 25.3. The summed E-state index contributed by atoms with van der Waals surface area (Å²) in [6, 6.07) is -0.942. The minimum atomic E-state index is -1.07. The van der Waals surface area contributed by atoms with Gasteiger partial charge in [-0.1, -0.05) is 19.3 Å². The van der Waals surface area contributed by atoms with Crippen molar-refractivity contribution in [2.45, 2.75) is 38.1 Å². The molecule has 6 nitrogen and oxygen atoms in total. The molecule has 0 radical (unpaired) electrons. The van der Waals surface area contributed by atoms with Crippen molar-refractivity contribution >= 4 is 23.8 Å². The molecule has 0 aliphatic heterocycles. The molecule has 1 amide bonds. The number of amides is 1. The zero-order chi connectivity index (χ0) is 12.8. The third kappa shape index (κ3) is 3.65. The Hall–Kier alpha value is -1.72. The summed E-state index contributed by atoms with van der Waals surface area (Å²) in [6.07, 6.45) is 5.24. The molecule has 17 heavy (non-hydrogen) atoms. The van der Waals surface area contributed by atoms with Crippen molar-refractivity contribution in [2.24, 2.45) is 5.92 Å². The fourth-order valence-corrected chi connectivity index (χ4v) is 2.13. The second kappa shape index (κ2) is 6.12. The molecule has 0 saturated heterocycles. The van der Waals surface area contributed by atoms with E-state index < -0.39 is 23.6 Å². The molecule has 0 bridgehead atoms. The summed E-state index contributed by atoms with van der Waals surface area (Å²) in [5.74, 6) is -1.93. The number of carboxylic acids is 1. The molecule has 0 aromatic rings. The van der Waals surface area contributed by atoms with Crippen LogP contribution in [0.3, 0.4) is 0 Å². The molecule has 1 atom stereocenters. The molecule has 6 heteroatoms. The predicted molar refractivity (Wildman–Crippen MR) is 62.7 cm³/mol. The highest BCUT2D eigenvalue weighted by Crippen LogP contribution is 2.26. The van der Waals surface area contributed by atoms with Gasteiger partial charge in [0.2, 0.25) is 0 Å². The summed E-state index contributed by atoms with van der Waals surface area (Å²) < 4.78 is 0. The predicted octanol–water partition coefficient (Wildman–Crippen LogP) is 0.805. The number of carbonyl (C=O) groups excluding carboxylic acids is 1. The van der Waals surface area contributed by atoms with Crippen LogP contribution >= 0.6 is 0 Å². The van der Waals surface area contributed by atoms with Crippen LogP contribution in [-0.2, 0) is 9.59 Å². The zero-order valence-corrected chi connectivity index (χ0v) is 9.53. The lowest BCUT2D eigenvalue weighted by Crippen LogP contribution is -2.48. The van der Waals surface area contributed by atoms with E-state index in [4.69, 9.17) is 15.9 Å². The highest BCUT2D eigenvalue weighted by molar-refractivity contribution is 6.59. The first-order chi connectivity index (χ1) is 8.06. The maximum absolute atomic E-state index is 11.4. The average Bonchev–Trinajstić information content (AvgIpc) is 2.35. The van der Waals surface area contributed by atoms with Crippen molar-refractivity contribution < 1.29 is 14.7 Å². The van der Waals surface area contributed by atoms with E-state index in [0.29, 0.717) is 6.21 Å². The fraction of sp³-hybridized carbons (Fsp3) is 0.636. The van der Waals surface area contributed by atoms with Crippen molar-refractivity contribution in [2.75, 3.05) is 0 Å². The quantitative estimate of drug-likeness (QED) is 0.532. The van der Waals surface area contributed by atoms with E-state index in [0.717, 1.165) is 32.1 Å². The Balaban J connectivity index is 2.65. The molecular formula is C11H17N3O3. The maximum atomic E-state index is 11.4. The minimum Gasteiger partial charge on any atom is -0.480 e. The van der Waals surface area contributed by atoms with E-state index in [1.807, 2.05) is 0 Å². The topological polar surface area (TPSA) is 114 Å². The lowest BCUT2D eigenvalue weighted by Gasteiger charge is -2.27. The van der Waals surface area contributed by atoms with Crippen LogP contribution in [0.1, 0.15) is 32.1 Å². The van der Waals surface area contributed by atoms with Crippen LogP contribution in [-0.4, -0.2) is 35.0 Å². The van der Waals surface area contributed by atoms with Crippen molar-refractivity contribution in [1.82, 2.24) is 5.32 Å². The highest BCUT2D eigenvalue weighted by atomic mass is 16.4. The fourth-order valence-electron chi connectivity index (χ4n) is 2.13. The monoisotopic (exact) mass is 239 g/mol. The van der Waals surface area contributed by atoms with E-state index in [-0.39, 0.29) is 5.92 Å². The molecule has 0 unspecified atom stereocenters. The van der Waals surface area contributed by atoms with Gasteiger partial charge in [0.15, 0.2) is 0 Å². The SMILES string of the molecule is N=CC(=N)C(=O)N[C@H](C(=O)O)C1CCCCC1. The van der Waals surface area contributed by atoms with Gasteiger partial charge in [-0.2, -0.15) is 0 Å². The van der Waals surface area contributed by atoms with Gasteiger partial charge in [0.25, 0.3) is 5.91 Å². The van der Waals surface area contributed by atoms with Crippen LogP contribution in [0.4, 0.5) is 0 Å². The third-order valence-corrected chi connectivity index (χ3v) is 3.06. The molecule has 94 valence electrons. The van der Waals surface area contributed by atoms with Gasteiger partial charge < -0.3 is 15.8 Å². The van der Waals surface area contributed by atoms with Gasteiger partial charge in [0.1, 0.15) is 11.8 Å². The van der Waals surface area contributed by atoms with Gasteiger partial charge in [-0.3, -0.25) is 10.2 Å². The normalized spacial score (nSPS) is 18.1. The molecule has 1 fully saturated rings. The van der Waals surface area contributed by atoms with Gasteiger partial charge in [0.05, 0.1) is 0 Å². The molecule has 4 N–H and O–H groups in total. The van der Waals surface area contributed by atoms with Crippen LogP contribution in [0.5, 0.6) is 0 Å². The maximum Gasteiger partial charge on any atom is 0.326 e. The first-order valence-corrected chi connectivity index (χ1v) is 5.69. The van der Waals surface area contributed by atoms with Crippen LogP contribution in [0.15, 0.2) is 0 Å². The molecule has 0 aromatic carbocycles. The summed E-state index contributed by atoms with van der Waals surface area (Å²) in [7, 11) is 0. The molecule has 1 rings (SSSR count). The van der Waals surface area contributed by atoms with Crippen molar-refractivity contribution in [3.8, 4) is 0 Å². The van der Waals surface area contributed by atoms with E-state index in [1.54, 1.807) is 0 Å². The van der Waals surface area contributed by atoms with Gasteiger partial charge in [-0.25, -0.2) is 4.79 Å². The molecule has 0 spiro atoms. The molecule has 1 aliphatic rings. The van der Waals surface area contributed by atoms with Crippen LogP contribution < -0.4 is 5.32 Å². The Morgan fingerprint density at radius 2 is 1.88 bits per heavy atom. The molecule has 1 aliphatic carbocycles. The van der Waals surface area contributed by atoms with Crippen LogP contribution in [0.2, 0.25) is 0 Å². The van der Waals surface area contributed by atoms with Gasteiger partial charge in [-0.15, -0.1) is 0 Å². The number of hydrogen-bond donors (Lipinski definition) is 4. The highest BCUT2D eigenvalue weighted by Gasteiger charge is 2.31. The van der Waals surface area contributed by atoms with Gasteiger partial charge >= 0.3 is 5.97 Å². The third-order valence-electron chi connectivity index (χ3n) is 3.06. The number of hydrogen-bond acceptors (Lipinski definition) is 4. The number of carboxylic acid groups (broad SMARTS) is 1. The Morgan fingerprint density at radius 1 is 1.29 bits per heavy atom. The number of rotatable bonds is 5. The Kier molecular flexibility index (Phi) is 4.81. The summed E-state index contributed by atoms with van der Waals surface area (Å²) >= 11 is 0. The first kappa shape index (κ1) is 13.3. The van der Waals surface area contributed by atoms with Crippen molar-refractivity contribution in [1.29, 1.82) is 10.8 Å². The Bertz CT molecular complexity index is 335. The van der Waals surface area contributed by atoms with Crippen molar-refractivity contribution in [3.05, 3.63) is 0 Å². The standard InChI is InChI=1S/C11H17N3O3/c12-6-8(13)10(15)14-9(11(16)17)7-4-2-1-3-5-7/h6-7,9,12-13H,1-5H2,(H,14,15)(H,16,17)/t9-/m0/s1. The Morgan fingerprint density at radius 3 is 2.35 bits per heavy atom. The molecule has 1 saturated carbocycles. The molecule has 0 aromatic heterocycles. The van der Waals surface area contributed by atoms with Crippen LogP contribution in [0, 0.1) is 16.7 Å². The second-order valence-corrected chi connectivity index (χ2v) is 4.25. The summed E-state index contributed by atoms with van der Waals surface area (Å²) in [4.78, 5) is 22.5. The van der Waals surface area contributed by atoms with E-state index in [1.165, 1.54) is 0 Å². The first-order valence-electron chi connectivity index (χ1n) is 5.69. The lowest BCUT2D eigenvalue weighted by atomic mass is 9.84. The summed E-state index contributed by atoms with van der Waals surface area (Å²) in [5.41, 5.74) is -0.521. The van der Waals surface area contributed by atoms with Crippen LogP contribution in [0.25, 0.3) is 0 Å². The van der Waals surface area contributed by atoms with E-state index in [2.05, 4.69) is 5.32 Å². The number of nitrogens with one attached hydrogen (secondary N) is 3. The van der Waals surface area contributed by atoms with E-state index in [9.17, 15) is 9.59 Å². The minimum absolute atomic E-state index is 0.0660. The lowest BCUT2D eigenvalue weighted by molar-refractivity contribution is -0.143. The average molecular weight is 239 g/mol. The van der Waals surface area contributed by atoms with Crippen molar-refractivity contribution in [3.63, 3.8) is 0 Å². The largest absolute Gasteiger partial charge is 0.480 e. The number of carbonyl (C=O) groups is 2. The molecular weight excluding hydrogens is 222 g/mol. The summed E-state index contributed by atoms with van der Waals surface area (Å²) in [6.45, 7) is 0. The Labute approximate surface area is 99.4 Å². The number of aliphatic carboxylic acids is 1. The second-order valence-electron chi connectivity index (χ2n) is 4.25. The molecule has 0 heterocycles. The smallest absolute Gasteiger partial charge is 0.326 e. The van der Waals surface area contributed by atoms with Gasteiger partial charge in [0, 0.05) is 6.21 Å². The zero-order valence-electron chi connectivity index (χ0n) is 9.53. The van der Waals surface area contributed by atoms with E-state index >= 15 is 0 Å².